The van der Waals surface area contributed by atoms with Crippen LogP contribution in [0.1, 0.15) is 24.0 Å². The average Bonchev–Trinajstić information content (AvgIpc) is 2.55. The fourth-order valence-electron chi connectivity index (χ4n) is 2.28. The highest BCUT2D eigenvalue weighted by Gasteiger charge is 2.12. The van der Waals surface area contributed by atoms with Gasteiger partial charge in [-0.25, -0.2) is 4.79 Å². The van der Waals surface area contributed by atoms with Crippen molar-refractivity contribution >= 4 is 28.6 Å². The van der Waals surface area contributed by atoms with Crippen LogP contribution in [0.25, 0.3) is 17.0 Å². The standard InChI is InChI=1S/C18H9N3O3/c19-9-11(10-20)5-14-6-13-7-15-12(8-16(13)24-18(14)23)3-1-2-4-17(22)21-15/h5-8H,2,4H2,(H,21,22). The lowest BCUT2D eigenvalue weighted by Crippen LogP contribution is -2.13. The maximum atomic E-state index is 12.0. The number of nitrogens with one attached hydrogen (secondary N) is 1. The Kier molecular flexibility index (Phi) is 3.85. The molecule has 1 aromatic carbocycles. The molecule has 0 spiro atoms. The van der Waals surface area contributed by atoms with E-state index in [0.29, 0.717) is 35.1 Å². The molecule has 1 aliphatic rings. The van der Waals surface area contributed by atoms with E-state index in [9.17, 15) is 9.59 Å². The number of hydrogen-bond donors (Lipinski definition) is 1. The molecule has 0 atom stereocenters. The van der Waals surface area contributed by atoms with Gasteiger partial charge in [0.2, 0.25) is 5.91 Å². The van der Waals surface area contributed by atoms with Crippen LogP contribution in [0.5, 0.6) is 0 Å². The van der Waals surface area contributed by atoms with Gasteiger partial charge >= 0.3 is 5.63 Å². The number of benzene rings is 1. The Morgan fingerprint density at radius 2 is 2.04 bits per heavy atom. The first-order chi connectivity index (χ1) is 11.6. The number of carbonyl (C=O) groups excluding carboxylic acids is 1. The van der Waals surface area contributed by atoms with Gasteiger partial charge in [0.25, 0.3) is 0 Å². The first-order valence-corrected chi connectivity index (χ1v) is 7.03. The number of allylic oxidation sites excluding steroid dienone is 1. The first kappa shape index (κ1) is 15.1. The normalized spacial score (nSPS) is 12.3. The first-order valence-electron chi connectivity index (χ1n) is 7.03. The SMILES string of the molecule is N#CC(C#N)=Cc1cc2cc3c(cc2oc1=O)C#CCCC(=O)N3. The van der Waals surface area contributed by atoms with Crippen LogP contribution in [0.15, 0.2) is 33.0 Å². The van der Waals surface area contributed by atoms with Gasteiger partial charge in [-0.15, -0.1) is 0 Å². The molecule has 1 aromatic heterocycles. The molecule has 0 fully saturated rings. The number of fused-ring (bicyclic) bond motifs is 2. The topological polar surface area (TPSA) is 107 Å². The van der Waals surface area contributed by atoms with Crippen molar-refractivity contribution in [2.45, 2.75) is 12.8 Å². The van der Waals surface area contributed by atoms with Crippen molar-refractivity contribution in [1.82, 2.24) is 0 Å². The molecule has 0 bridgehead atoms. The Balaban J connectivity index is 2.22. The van der Waals surface area contributed by atoms with Crippen molar-refractivity contribution in [2.75, 3.05) is 5.32 Å². The van der Waals surface area contributed by atoms with Crippen LogP contribution in [-0.2, 0) is 4.79 Å². The molecule has 1 N–H and O–H groups in total. The zero-order valence-corrected chi connectivity index (χ0v) is 12.3. The second-order valence-corrected chi connectivity index (χ2v) is 5.06. The molecule has 0 radical (unpaired) electrons. The lowest BCUT2D eigenvalue weighted by Gasteiger charge is -2.10. The third kappa shape index (κ3) is 2.88. The summed E-state index contributed by atoms with van der Waals surface area (Å²) in [4.78, 5) is 23.8. The van der Waals surface area contributed by atoms with Gasteiger partial charge in [0.15, 0.2) is 0 Å². The van der Waals surface area contributed by atoms with Gasteiger partial charge in [-0.2, -0.15) is 10.5 Å². The maximum Gasteiger partial charge on any atom is 0.343 e. The Labute approximate surface area is 136 Å². The van der Waals surface area contributed by atoms with Crippen LogP contribution < -0.4 is 10.9 Å². The molecule has 3 rings (SSSR count). The van der Waals surface area contributed by atoms with Crippen LogP contribution in [0.3, 0.4) is 0 Å². The fraction of sp³-hybridized carbons (Fsp3) is 0.111. The molecule has 0 saturated carbocycles. The molecule has 114 valence electrons. The van der Waals surface area contributed by atoms with Crippen LogP contribution in [0.2, 0.25) is 0 Å². The van der Waals surface area contributed by atoms with Crippen molar-refractivity contribution in [3.8, 4) is 24.0 Å². The third-order valence-electron chi connectivity index (χ3n) is 3.41. The van der Waals surface area contributed by atoms with Crippen molar-refractivity contribution < 1.29 is 9.21 Å². The molecule has 6 heteroatoms. The minimum atomic E-state index is -0.659. The van der Waals surface area contributed by atoms with Crippen LogP contribution in [0.4, 0.5) is 5.69 Å². The Bertz CT molecular complexity index is 1080. The molecule has 0 aliphatic carbocycles. The summed E-state index contributed by atoms with van der Waals surface area (Å²) in [5.41, 5.74) is 0.639. The molecule has 6 nitrogen and oxygen atoms in total. The number of amides is 1. The van der Waals surface area contributed by atoms with Crippen LogP contribution in [0, 0.1) is 34.5 Å². The van der Waals surface area contributed by atoms with E-state index in [1.807, 2.05) is 0 Å². The second kappa shape index (κ2) is 6.12. The monoisotopic (exact) mass is 315 g/mol. The molecule has 24 heavy (non-hydrogen) atoms. The summed E-state index contributed by atoms with van der Waals surface area (Å²) in [6.07, 6.45) is 1.94. The van der Waals surface area contributed by atoms with Gasteiger partial charge in [-0.1, -0.05) is 11.8 Å². The van der Waals surface area contributed by atoms with Crippen LogP contribution in [-0.4, -0.2) is 5.91 Å². The van der Waals surface area contributed by atoms with Crippen molar-refractivity contribution in [3.63, 3.8) is 0 Å². The molecule has 1 aliphatic heterocycles. The van der Waals surface area contributed by atoms with Crippen molar-refractivity contribution in [3.05, 3.63) is 45.3 Å². The highest BCUT2D eigenvalue weighted by atomic mass is 16.4. The molecule has 2 aromatic rings. The number of anilines is 1. The minimum absolute atomic E-state index is 0.0869. The van der Waals surface area contributed by atoms with Gasteiger partial charge in [0.05, 0.1) is 16.8 Å². The van der Waals surface area contributed by atoms with E-state index in [1.54, 1.807) is 24.3 Å². The van der Waals surface area contributed by atoms with Crippen molar-refractivity contribution in [1.29, 1.82) is 10.5 Å². The molecular formula is C18H9N3O3. The van der Waals surface area contributed by atoms with Gasteiger partial charge in [-0.05, 0) is 24.3 Å². The van der Waals surface area contributed by atoms with E-state index in [1.165, 1.54) is 12.1 Å². The smallest absolute Gasteiger partial charge is 0.343 e. The van der Waals surface area contributed by atoms with Crippen LogP contribution >= 0.6 is 0 Å². The Morgan fingerprint density at radius 3 is 2.79 bits per heavy atom. The summed E-state index contributed by atoms with van der Waals surface area (Å²) >= 11 is 0. The van der Waals surface area contributed by atoms with E-state index < -0.39 is 5.63 Å². The summed E-state index contributed by atoms with van der Waals surface area (Å²) in [5.74, 6) is 5.69. The van der Waals surface area contributed by atoms with E-state index in [2.05, 4.69) is 17.2 Å². The minimum Gasteiger partial charge on any atom is -0.422 e. The van der Waals surface area contributed by atoms with Crippen molar-refractivity contribution in [2.24, 2.45) is 0 Å². The van der Waals surface area contributed by atoms with E-state index in [0.717, 1.165) is 0 Å². The predicted octanol–water partition coefficient (Wildman–Crippen LogP) is 2.31. The zero-order valence-electron chi connectivity index (χ0n) is 12.3. The number of nitriles is 2. The quantitative estimate of drug-likeness (QED) is 0.493. The summed E-state index contributed by atoms with van der Waals surface area (Å²) in [6, 6.07) is 8.13. The van der Waals surface area contributed by atoms with E-state index in [-0.39, 0.29) is 17.0 Å². The lowest BCUT2D eigenvalue weighted by atomic mass is 10.1. The molecule has 1 amide bonds. The summed E-state index contributed by atoms with van der Waals surface area (Å²) in [5, 5.41) is 20.9. The van der Waals surface area contributed by atoms with E-state index >= 15 is 0 Å². The number of carbonyl (C=O) groups is 1. The Hall–Kier alpha value is -3.82. The Morgan fingerprint density at radius 1 is 1.25 bits per heavy atom. The summed E-state index contributed by atoms with van der Waals surface area (Å²) < 4.78 is 5.25. The zero-order chi connectivity index (χ0) is 17.1. The molecule has 0 unspecified atom stereocenters. The van der Waals surface area contributed by atoms with Gasteiger partial charge in [0, 0.05) is 18.2 Å². The predicted molar refractivity (Wildman–Crippen MR) is 86.4 cm³/mol. The number of hydrogen-bond acceptors (Lipinski definition) is 5. The average molecular weight is 315 g/mol. The highest BCUT2D eigenvalue weighted by Crippen LogP contribution is 2.25. The summed E-state index contributed by atoms with van der Waals surface area (Å²) in [6.45, 7) is 0. The van der Waals surface area contributed by atoms with Gasteiger partial charge in [-0.3, -0.25) is 4.79 Å². The molecule has 2 heterocycles. The van der Waals surface area contributed by atoms with E-state index in [4.69, 9.17) is 14.9 Å². The lowest BCUT2D eigenvalue weighted by molar-refractivity contribution is -0.116. The number of nitrogens with zero attached hydrogens (tertiary/aromatic N) is 2. The number of rotatable bonds is 1. The largest absolute Gasteiger partial charge is 0.422 e. The summed E-state index contributed by atoms with van der Waals surface area (Å²) in [7, 11) is 0. The molecule has 0 saturated heterocycles. The fourth-order valence-corrected chi connectivity index (χ4v) is 2.28. The second-order valence-electron chi connectivity index (χ2n) is 5.06. The highest BCUT2D eigenvalue weighted by molar-refractivity contribution is 5.96. The van der Waals surface area contributed by atoms with Gasteiger partial charge < -0.3 is 9.73 Å². The molecular weight excluding hydrogens is 306 g/mol. The van der Waals surface area contributed by atoms with Gasteiger partial charge in [0.1, 0.15) is 23.3 Å². The third-order valence-corrected chi connectivity index (χ3v) is 3.41. The maximum absolute atomic E-state index is 12.0.